The molecule has 0 saturated carbocycles. The lowest BCUT2D eigenvalue weighted by atomic mass is 10.1. The summed E-state index contributed by atoms with van der Waals surface area (Å²) in [6, 6.07) is 1.88. The van der Waals surface area contributed by atoms with Crippen LogP contribution in [-0.2, 0) is 0 Å². The molecule has 2 N–H and O–H groups in total. The first-order valence-electron chi connectivity index (χ1n) is 8.42. The predicted molar refractivity (Wildman–Crippen MR) is 94.9 cm³/mol. The highest BCUT2D eigenvalue weighted by Crippen LogP contribution is 2.28. The highest BCUT2D eigenvalue weighted by atomic mass is 16.2. The summed E-state index contributed by atoms with van der Waals surface area (Å²) in [6.07, 6.45) is 7.40. The zero-order valence-corrected chi connectivity index (χ0v) is 14.4. The monoisotopic (exact) mass is 325 g/mol. The molecular weight excluding hydrogens is 302 g/mol. The van der Waals surface area contributed by atoms with Gasteiger partial charge in [-0.05, 0) is 31.9 Å². The van der Waals surface area contributed by atoms with Crippen molar-refractivity contribution in [3.05, 3.63) is 36.0 Å². The van der Waals surface area contributed by atoms with E-state index < -0.39 is 0 Å². The van der Waals surface area contributed by atoms with Gasteiger partial charge in [-0.25, -0.2) is 9.97 Å². The minimum atomic E-state index is 0.0355. The van der Waals surface area contributed by atoms with E-state index in [1.165, 1.54) is 0 Å². The molecule has 3 aromatic rings. The number of carbonyl (C=O) groups excluding carboxylic acids is 1. The molecule has 0 aliphatic carbocycles. The van der Waals surface area contributed by atoms with E-state index in [2.05, 4.69) is 26.9 Å². The smallest absolute Gasteiger partial charge is 0.270 e. The summed E-state index contributed by atoms with van der Waals surface area (Å²) in [6.45, 7) is 7.66. The standard InChI is InChI=1S/C18H23N5O/c1-4-6-7-23(5-2)18(24)14-8-13(10-19-14)16-15-12(3)9-20-17(15)22-11-21-16/h8-11,19H,4-7H2,1-3H3,(H,20,21,22). The number of carbonyl (C=O) groups is 1. The SMILES string of the molecule is CCCCN(CC)C(=O)c1cc(-c2ncnc3[nH]cc(C)c23)c[nH]1. The third-order valence-electron chi connectivity index (χ3n) is 4.30. The number of hydrogen-bond acceptors (Lipinski definition) is 3. The molecular formula is C18H23N5O. The van der Waals surface area contributed by atoms with Gasteiger partial charge in [-0.2, -0.15) is 0 Å². The van der Waals surface area contributed by atoms with E-state index in [4.69, 9.17) is 0 Å². The molecule has 0 unspecified atom stereocenters. The van der Waals surface area contributed by atoms with Crippen LogP contribution in [0.3, 0.4) is 0 Å². The Hall–Kier alpha value is -2.63. The molecule has 0 aliphatic rings. The van der Waals surface area contributed by atoms with E-state index in [1.54, 1.807) is 6.33 Å². The third kappa shape index (κ3) is 2.91. The molecule has 3 heterocycles. The molecule has 1 amide bonds. The van der Waals surface area contributed by atoms with Gasteiger partial charge in [0.2, 0.25) is 0 Å². The first-order chi connectivity index (χ1) is 11.7. The van der Waals surface area contributed by atoms with Gasteiger partial charge in [0.05, 0.1) is 5.69 Å². The van der Waals surface area contributed by atoms with Crippen molar-refractivity contribution in [3.8, 4) is 11.3 Å². The van der Waals surface area contributed by atoms with Crippen LogP contribution in [0.15, 0.2) is 24.8 Å². The molecule has 24 heavy (non-hydrogen) atoms. The lowest BCUT2D eigenvalue weighted by Gasteiger charge is -2.19. The number of aromatic amines is 2. The summed E-state index contributed by atoms with van der Waals surface area (Å²) in [4.78, 5) is 29.5. The summed E-state index contributed by atoms with van der Waals surface area (Å²) in [5.41, 5.74) is 4.24. The molecule has 0 atom stereocenters. The number of H-pyrrole nitrogens is 2. The van der Waals surface area contributed by atoms with Crippen molar-refractivity contribution >= 4 is 16.9 Å². The molecule has 0 spiro atoms. The minimum absolute atomic E-state index is 0.0355. The molecule has 6 heteroatoms. The third-order valence-corrected chi connectivity index (χ3v) is 4.30. The Morgan fingerprint density at radius 3 is 2.79 bits per heavy atom. The molecule has 126 valence electrons. The van der Waals surface area contributed by atoms with Crippen LogP contribution < -0.4 is 0 Å². The summed E-state index contributed by atoms with van der Waals surface area (Å²) in [7, 11) is 0. The van der Waals surface area contributed by atoms with E-state index >= 15 is 0 Å². The van der Waals surface area contributed by atoms with E-state index in [0.29, 0.717) is 12.2 Å². The van der Waals surface area contributed by atoms with Crippen LogP contribution in [0.2, 0.25) is 0 Å². The highest BCUT2D eigenvalue weighted by Gasteiger charge is 2.18. The second-order valence-electron chi connectivity index (χ2n) is 5.96. The van der Waals surface area contributed by atoms with Crippen molar-refractivity contribution in [1.29, 1.82) is 0 Å². The van der Waals surface area contributed by atoms with Crippen molar-refractivity contribution in [3.63, 3.8) is 0 Å². The Kier molecular flexibility index (Phi) is 4.64. The van der Waals surface area contributed by atoms with Crippen molar-refractivity contribution in [2.24, 2.45) is 0 Å². The Morgan fingerprint density at radius 1 is 1.21 bits per heavy atom. The number of aromatic nitrogens is 4. The van der Waals surface area contributed by atoms with Gasteiger partial charge in [-0.3, -0.25) is 4.79 Å². The number of nitrogens with zero attached hydrogens (tertiary/aromatic N) is 3. The zero-order valence-electron chi connectivity index (χ0n) is 14.4. The van der Waals surface area contributed by atoms with Gasteiger partial charge >= 0.3 is 0 Å². The number of fused-ring (bicyclic) bond motifs is 1. The molecule has 3 rings (SSSR count). The Balaban J connectivity index is 1.92. The fourth-order valence-corrected chi connectivity index (χ4v) is 2.91. The maximum absolute atomic E-state index is 12.7. The number of hydrogen-bond donors (Lipinski definition) is 2. The van der Waals surface area contributed by atoms with Crippen LogP contribution >= 0.6 is 0 Å². The maximum Gasteiger partial charge on any atom is 0.270 e. The van der Waals surface area contributed by atoms with Crippen molar-refractivity contribution < 1.29 is 4.79 Å². The van der Waals surface area contributed by atoms with Crippen LogP contribution in [0.5, 0.6) is 0 Å². The first kappa shape index (κ1) is 16.2. The minimum Gasteiger partial charge on any atom is -0.357 e. The van der Waals surface area contributed by atoms with Gasteiger partial charge in [0, 0.05) is 36.4 Å². The molecule has 0 aliphatic heterocycles. The van der Waals surface area contributed by atoms with E-state index in [9.17, 15) is 4.79 Å². The fourth-order valence-electron chi connectivity index (χ4n) is 2.91. The number of unbranched alkanes of at least 4 members (excludes halogenated alkanes) is 1. The Bertz CT molecular complexity index is 848. The van der Waals surface area contributed by atoms with Gasteiger partial charge in [0.15, 0.2) is 0 Å². The van der Waals surface area contributed by atoms with Crippen molar-refractivity contribution in [1.82, 2.24) is 24.8 Å². The molecule has 0 saturated heterocycles. The molecule has 0 radical (unpaired) electrons. The number of aryl methyl sites for hydroxylation is 1. The van der Waals surface area contributed by atoms with E-state index in [0.717, 1.165) is 47.2 Å². The number of nitrogens with one attached hydrogen (secondary N) is 2. The fraction of sp³-hybridized carbons (Fsp3) is 0.389. The summed E-state index contributed by atoms with van der Waals surface area (Å²) in [5, 5.41) is 0.994. The molecule has 3 aromatic heterocycles. The van der Waals surface area contributed by atoms with Crippen LogP contribution in [0.4, 0.5) is 0 Å². The largest absolute Gasteiger partial charge is 0.357 e. The van der Waals surface area contributed by atoms with Gasteiger partial charge in [-0.1, -0.05) is 13.3 Å². The van der Waals surface area contributed by atoms with Crippen LogP contribution in [0.25, 0.3) is 22.3 Å². The summed E-state index contributed by atoms with van der Waals surface area (Å²) < 4.78 is 0. The molecule has 0 aromatic carbocycles. The highest BCUT2D eigenvalue weighted by molar-refractivity contribution is 5.97. The Labute approximate surface area is 141 Å². The second kappa shape index (κ2) is 6.86. The van der Waals surface area contributed by atoms with Gasteiger partial charge in [0.25, 0.3) is 5.91 Å². The van der Waals surface area contributed by atoms with Gasteiger partial charge in [0.1, 0.15) is 17.7 Å². The Morgan fingerprint density at radius 2 is 2.04 bits per heavy atom. The summed E-state index contributed by atoms with van der Waals surface area (Å²) in [5.74, 6) is 0.0355. The van der Waals surface area contributed by atoms with Crippen LogP contribution in [0, 0.1) is 6.92 Å². The van der Waals surface area contributed by atoms with Crippen molar-refractivity contribution in [2.45, 2.75) is 33.6 Å². The zero-order chi connectivity index (χ0) is 17.1. The summed E-state index contributed by atoms with van der Waals surface area (Å²) >= 11 is 0. The average Bonchev–Trinajstić information content (AvgIpc) is 3.23. The van der Waals surface area contributed by atoms with Crippen LogP contribution in [-0.4, -0.2) is 43.8 Å². The number of amides is 1. The predicted octanol–water partition coefficient (Wildman–Crippen LogP) is 3.52. The van der Waals surface area contributed by atoms with Gasteiger partial charge in [-0.15, -0.1) is 0 Å². The molecule has 6 nitrogen and oxygen atoms in total. The normalized spacial score (nSPS) is 11.1. The first-order valence-corrected chi connectivity index (χ1v) is 8.42. The van der Waals surface area contributed by atoms with Crippen LogP contribution in [0.1, 0.15) is 42.7 Å². The lowest BCUT2D eigenvalue weighted by Crippen LogP contribution is -2.31. The van der Waals surface area contributed by atoms with Gasteiger partial charge < -0.3 is 14.9 Å². The second-order valence-corrected chi connectivity index (χ2v) is 5.96. The topological polar surface area (TPSA) is 77.7 Å². The lowest BCUT2D eigenvalue weighted by molar-refractivity contribution is 0.0757. The van der Waals surface area contributed by atoms with E-state index in [-0.39, 0.29) is 5.91 Å². The molecule has 0 bridgehead atoms. The van der Waals surface area contributed by atoms with E-state index in [1.807, 2.05) is 37.2 Å². The van der Waals surface area contributed by atoms with Crippen molar-refractivity contribution in [2.75, 3.05) is 13.1 Å². The quantitative estimate of drug-likeness (QED) is 0.728. The maximum atomic E-state index is 12.7. The molecule has 0 fully saturated rings. The number of rotatable bonds is 6. The average molecular weight is 325 g/mol.